The van der Waals surface area contributed by atoms with Crippen molar-refractivity contribution in [2.45, 2.75) is 26.2 Å². The van der Waals surface area contributed by atoms with Crippen molar-refractivity contribution in [1.82, 2.24) is 20.0 Å². The van der Waals surface area contributed by atoms with Gasteiger partial charge in [-0.2, -0.15) is 10.2 Å². The van der Waals surface area contributed by atoms with E-state index >= 15 is 0 Å². The van der Waals surface area contributed by atoms with E-state index in [4.69, 9.17) is 4.74 Å². The second-order valence-electron chi connectivity index (χ2n) is 7.74. The fraction of sp³-hybridized carbons (Fsp3) is 0.400. The predicted octanol–water partition coefficient (Wildman–Crippen LogP) is 2.63. The van der Waals surface area contributed by atoms with Crippen LogP contribution in [0.2, 0.25) is 0 Å². The van der Waals surface area contributed by atoms with Gasteiger partial charge in [-0.3, -0.25) is 19.5 Å². The Morgan fingerprint density at radius 1 is 1.38 bits per heavy atom. The smallest absolute Gasteiger partial charge is 0.414 e. The fourth-order valence-electron chi connectivity index (χ4n) is 4.24. The normalized spacial score (nSPS) is 18.8. The molecule has 9 heteroatoms. The summed E-state index contributed by atoms with van der Waals surface area (Å²) in [6.45, 7) is 2.99. The third kappa shape index (κ3) is 2.84. The van der Waals surface area contributed by atoms with Crippen molar-refractivity contribution in [3.05, 3.63) is 35.2 Å². The van der Waals surface area contributed by atoms with Crippen molar-refractivity contribution in [3.63, 3.8) is 0 Å². The van der Waals surface area contributed by atoms with Crippen molar-refractivity contribution in [2.75, 3.05) is 23.4 Å². The van der Waals surface area contributed by atoms with Crippen LogP contribution in [-0.4, -0.2) is 45.1 Å². The number of nitrogens with one attached hydrogen (secondary N) is 2. The number of carbonyl (C=O) groups excluding carboxylic acids is 2. The first-order valence-electron chi connectivity index (χ1n) is 9.80. The number of cyclic esters (lactones) is 1. The number of H-pyrrole nitrogens is 1. The second kappa shape index (κ2) is 6.61. The van der Waals surface area contributed by atoms with Gasteiger partial charge >= 0.3 is 6.09 Å². The van der Waals surface area contributed by atoms with Crippen LogP contribution in [0.1, 0.15) is 35.1 Å². The molecule has 2 aliphatic rings. The van der Waals surface area contributed by atoms with Crippen LogP contribution >= 0.6 is 0 Å². The number of fused-ring (bicyclic) bond motifs is 2. The molecule has 1 aliphatic carbocycles. The van der Waals surface area contributed by atoms with Gasteiger partial charge in [0.15, 0.2) is 11.5 Å². The molecule has 1 saturated heterocycles. The first-order valence-corrected chi connectivity index (χ1v) is 9.80. The number of carbonyl (C=O) groups is 2. The largest absolute Gasteiger partial charge is 0.447 e. The van der Waals surface area contributed by atoms with Gasteiger partial charge in [0.2, 0.25) is 0 Å². The second-order valence-corrected chi connectivity index (χ2v) is 7.74. The van der Waals surface area contributed by atoms with Gasteiger partial charge in [0.1, 0.15) is 6.61 Å². The first-order chi connectivity index (χ1) is 14.0. The summed E-state index contributed by atoms with van der Waals surface area (Å²) in [6, 6.07) is 5.60. The monoisotopic (exact) mass is 394 g/mol. The lowest BCUT2D eigenvalue weighted by Gasteiger charge is -2.18. The topological polar surface area (TPSA) is 105 Å². The van der Waals surface area contributed by atoms with E-state index in [1.54, 1.807) is 9.58 Å². The maximum Gasteiger partial charge on any atom is 0.414 e. The number of hydrogen-bond donors (Lipinski definition) is 2. The summed E-state index contributed by atoms with van der Waals surface area (Å²) in [5.74, 6) is 0.633. The molecule has 29 heavy (non-hydrogen) atoms. The summed E-state index contributed by atoms with van der Waals surface area (Å²) in [6.07, 6.45) is 2.44. The molecule has 5 rings (SSSR count). The number of aromatic amines is 1. The number of ether oxygens (including phenoxy) is 1. The Bertz CT molecular complexity index is 1130. The number of amides is 2. The molecule has 1 aliphatic heterocycles. The van der Waals surface area contributed by atoms with Crippen molar-refractivity contribution < 1.29 is 14.3 Å². The molecule has 2 aromatic heterocycles. The third-order valence-corrected chi connectivity index (χ3v) is 5.75. The lowest BCUT2D eigenvalue weighted by Crippen LogP contribution is -2.24. The maximum atomic E-state index is 13.1. The van der Waals surface area contributed by atoms with E-state index in [1.165, 1.54) is 0 Å². The SMILES string of the molecule is C[C@@H]1CCc2[nH]nc(C(=O)Nc3nn(C)c4cccc(N5CCOC5=O)c34)c2C1. The molecular weight excluding hydrogens is 372 g/mol. The van der Waals surface area contributed by atoms with E-state index in [0.717, 1.165) is 36.0 Å². The third-order valence-electron chi connectivity index (χ3n) is 5.75. The standard InChI is InChI=1S/C20H22N6O3/c1-11-6-7-13-12(10-11)17(23-22-13)19(27)21-18-16-14(25(2)24-18)4-3-5-15(16)26-8-9-29-20(26)28/h3-5,11H,6-10H2,1-2H3,(H,22,23)(H,21,24,27)/t11-/m1/s1. The van der Waals surface area contributed by atoms with E-state index < -0.39 is 6.09 Å². The van der Waals surface area contributed by atoms with Gasteiger partial charge in [0.05, 0.1) is 23.1 Å². The number of aromatic nitrogens is 4. The summed E-state index contributed by atoms with van der Waals surface area (Å²) in [4.78, 5) is 26.7. The van der Waals surface area contributed by atoms with Crippen LogP contribution in [0, 0.1) is 5.92 Å². The van der Waals surface area contributed by atoms with Crippen molar-refractivity contribution in [2.24, 2.45) is 13.0 Å². The summed E-state index contributed by atoms with van der Waals surface area (Å²) < 4.78 is 6.78. The predicted molar refractivity (Wildman–Crippen MR) is 107 cm³/mol. The minimum absolute atomic E-state index is 0.296. The minimum Gasteiger partial charge on any atom is -0.447 e. The number of anilines is 2. The average Bonchev–Trinajstić information content (AvgIpc) is 3.39. The number of benzene rings is 1. The zero-order chi connectivity index (χ0) is 20.1. The molecule has 0 saturated carbocycles. The van der Waals surface area contributed by atoms with Gasteiger partial charge in [-0.15, -0.1) is 0 Å². The van der Waals surface area contributed by atoms with Crippen molar-refractivity contribution in [1.29, 1.82) is 0 Å². The Balaban J connectivity index is 1.54. The van der Waals surface area contributed by atoms with Crippen LogP contribution in [-0.2, 0) is 24.6 Å². The lowest BCUT2D eigenvalue weighted by atomic mass is 9.87. The highest BCUT2D eigenvalue weighted by molar-refractivity contribution is 6.12. The highest BCUT2D eigenvalue weighted by atomic mass is 16.6. The van der Waals surface area contributed by atoms with Gasteiger partial charge in [-0.25, -0.2) is 4.79 Å². The van der Waals surface area contributed by atoms with Crippen LogP contribution in [0.15, 0.2) is 18.2 Å². The molecule has 3 aromatic rings. The van der Waals surface area contributed by atoms with E-state index in [-0.39, 0.29) is 5.91 Å². The van der Waals surface area contributed by atoms with Crippen LogP contribution in [0.25, 0.3) is 10.9 Å². The fourth-order valence-corrected chi connectivity index (χ4v) is 4.24. The summed E-state index contributed by atoms with van der Waals surface area (Å²) in [7, 11) is 1.81. The zero-order valence-corrected chi connectivity index (χ0v) is 16.4. The average molecular weight is 394 g/mol. The van der Waals surface area contributed by atoms with E-state index in [9.17, 15) is 9.59 Å². The molecule has 2 N–H and O–H groups in total. The molecule has 9 nitrogen and oxygen atoms in total. The van der Waals surface area contributed by atoms with Crippen molar-refractivity contribution in [3.8, 4) is 0 Å². The molecule has 0 bridgehead atoms. The number of nitrogens with zero attached hydrogens (tertiary/aromatic N) is 4. The van der Waals surface area contributed by atoms with Crippen LogP contribution in [0.5, 0.6) is 0 Å². The van der Waals surface area contributed by atoms with Crippen LogP contribution in [0.3, 0.4) is 0 Å². The summed E-state index contributed by atoms with van der Waals surface area (Å²) in [5, 5.41) is 15.4. The van der Waals surface area contributed by atoms with Crippen molar-refractivity contribution >= 4 is 34.4 Å². The van der Waals surface area contributed by atoms with E-state index in [2.05, 4.69) is 27.5 Å². The molecule has 1 fully saturated rings. The van der Waals surface area contributed by atoms with Gasteiger partial charge < -0.3 is 10.1 Å². The molecule has 2 amide bonds. The van der Waals surface area contributed by atoms with Gasteiger partial charge in [0, 0.05) is 18.3 Å². The molecule has 1 atom stereocenters. The number of aryl methyl sites for hydroxylation is 2. The molecule has 0 unspecified atom stereocenters. The Labute approximate surface area is 167 Å². The highest BCUT2D eigenvalue weighted by Gasteiger charge is 2.29. The highest BCUT2D eigenvalue weighted by Crippen LogP contribution is 2.34. The molecule has 3 heterocycles. The van der Waals surface area contributed by atoms with E-state index in [0.29, 0.717) is 41.7 Å². The minimum atomic E-state index is -0.394. The van der Waals surface area contributed by atoms with E-state index in [1.807, 2.05) is 25.2 Å². The Morgan fingerprint density at radius 3 is 3.03 bits per heavy atom. The molecule has 1 aromatic carbocycles. The zero-order valence-electron chi connectivity index (χ0n) is 16.4. The molecular formula is C20H22N6O3. The molecule has 150 valence electrons. The Kier molecular flexibility index (Phi) is 4.04. The first kappa shape index (κ1) is 17.7. The number of hydrogen-bond acceptors (Lipinski definition) is 5. The molecule has 0 spiro atoms. The summed E-state index contributed by atoms with van der Waals surface area (Å²) >= 11 is 0. The quantitative estimate of drug-likeness (QED) is 0.710. The van der Waals surface area contributed by atoms with Crippen LogP contribution < -0.4 is 10.2 Å². The lowest BCUT2D eigenvalue weighted by molar-refractivity contribution is 0.102. The Hall–Kier alpha value is -3.36. The van der Waals surface area contributed by atoms with Gasteiger partial charge in [-0.1, -0.05) is 13.0 Å². The molecule has 0 radical (unpaired) electrons. The van der Waals surface area contributed by atoms with Crippen LogP contribution in [0.4, 0.5) is 16.3 Å². The van der Waals surface area contributed by atoms with Gasteiger partial charge in [-0.05, 0) is 37.3 Å². The van der Waals surface area contributed by atoms with Gasteiger partial charge in [0.25, 0.3) is 5.91 Å². The summed E-state index contributed by atoms with van der Waals surface area (Å²) in [5.41, 5.74) is 3.94. The maximum absolute atomic E-state index is 13.1. The number of rotatable bonds is 3. The Morgan fingerprint density at radius 2 is 2.24 bits per heavy atom.